The Morgan fingerprint density at radius 2 is 1.38 bits per heavy atom. The van der Waals surface area contributed by atoms with Crippen LogP contribution in [0.4, 0.5) is 0 Å². The lowest BCUT2D eigenvalue weighted by Crippen LogP contribution is -2.27. The van der Waals surface area contributed by atoms with E-state index in [2.05, 4.69) is 17.6 Å². The summed E-state index contributed by atoms with van der Waals surface area (Å²) in [5, 5.41) is 51.7. The number of nitrogens with one attached hydrogen (secondary N) is 2. The van der Waals surface area contributed by atoms with E-state index in [1.54, 1.807) is 0 Å². The Balaban J connectivity index is 2.82. The monoisotopic (exact) mass is 342 g/mol. The average molecular weight is 342 g/mol. The van der Waals surface area contributed by atoms with Crippen molar-refractivity contribution < 1.29 is 25.5 Å². The molecule has 1 rings (SSSR count). The lowest BCUT2D eigenvalue weighted by molar-refractivity contribution is -0.0379. The smallest absolute Gasteiger partial charge is 0.164 e. The van der Waals surface area contributed by atoms with E-state index in [9.17, 15) is 5.11 Å². The fourth-order valence-corrected chi connectivity index (χ4v) is 2.50. The van der Waals surface area contributed by atoms with E-state index in [1.807, 2.05) is 12.1 Å². The second-order valence-corrected chi connectivity index (χ2v) is 5.94. The number of hydrogen-bond donors (Lipinski definition) is 7. The molecule has 0 atom stereocenters. The van der Waals surface area contributed by atoms with Gasteiger partial charge in [0, 0.05) is 37.3 Å². The number of phenolic OH excluding ortho intramolecular Hbond substituents is 1. The van der Waals surface area contributed by atoms with E-state index in [0.29, 0.717) is 24.2 Å². The maximum atomic E-state index is 10.4. The van der Waals surface area contributed by atoms with E-state index in [-0.39, 0.29) is 18.8 Å². The first-order valence-corrected chi connectivity index (χ1v) is 8.41. The van der Waals surface area contributed by atoms with Gasteiger partial charge in [-0.2, -0.15) is 0 Å². The van der Waals surface area contributed by atoms with Gasteiger partial charge in [-0.1, -0.05) is 31.9 Å². The number of aliphatic hydroxyl groups is 4. The third kappa shape index (κ3) is 8.05. The molecule has 0 radical (unpaired) electrons. The fourth-order valence-electron chi connectivity index (χ4n) is 2.50. The quantitative estimate of drug-likeness (QED) is 0.209. The van der Waals surface area contributed by atoms with E-state index < -0.39 is 12.6 Å². The number of aliphatic hydroxyl groups excluding tert-OH is 2. The number of aryl methyl sites for hydroxylation is 1. The van der Waals surface area contributed by atoms with Gasteiger partial charge in [0.25, 0.3) is 0 Å². The molecule has 1 aromatic rings. The molecule has 24 heavy (non-hydrogen) atoms. The highest BCUT2D eigenvalue weighted by atomic mass is 16.5. The van der Waals surface area contributed by atoms with Gasteiger partial charge in [0.15, 0.2) is 12.6 Å². The summed E-state index contributed by atoms with van der Waals surface area (Å²) in [5.41, 5.74) is 2.47. The molecule has 0 aromatic heterocycles. The average Bonchev–Trinajstić information content (AvgIpc) is 2.50. The Morgan fingerprint density at radius 3 is 1.79 bits per heavy atom. The summed E-state index contributed by atoms with van der Waals surface area (Å²) >= 11 is 0. The minimum atomic E-state index is -1.44. The van der Waals surface area contributed by atoms with E-state index in [0.717, 1.165) is 31.2 Å². The van der Waals surface area contributed by atoms with Gasteiger partial charge in [-0.15, -0.1) is 0 Å². The van der Waals surface area contributed by atoms with Crippen LogP contribution in [0.1, 0.15) is 42.9 Å². The normalized spacial score (nSPS) is 11.6. The molecular weight excluding hydrogens is 312 g/mol. The van der Waals surface area contributed by atoms with Crippen LogP contribution in [-0.2, 0) is 19.5 Å². The Hall–Kier alpha value is -1.22. The van der Waals surface area contributed by atoms with Crippen molar-refractivity contribution in [2.75, 3.05) is 13.1 Å². The summed E-state index contributed by atoms with van der Waals surface area (Å²) in [6.07, 6.45) is 1.35. The van der Waals surface area contributed by atoms with Crippen molar-refractivity contribution in [2.24, 2.45) is 0 Å². The largest absolute Gasteiger partial charge is 0.507 e. The van der Waals surface area contributed by atoms with Gasteiger partial charge in [-0.05, 0) is 18.4 Å². The van der Waals surface area contributed by atoms with E-state index in [1.165, 1.54) is 0 Å². The van der Waals surface area contributed by atoms with Gasteiger partial charge in [-0.25, -0.2) is 0 Å². The third-order valence-corrected chi connectivity index (χ3v) is 3.68. The molecule has 0 spiro atoms. The predicted octanol–water partition coefficient (Wildman–Crippen LogP) is -0.0745. The zero-order valence-electron chi connectivity index (χ0n) is 14.2. The number of benzene rings is 1. The summed E-state index contributed by atoms with van der Waals surface area (Å²) < 4.78 is 0. The van der Waals surface area contributed by atoms with Crippen LogP contribution in [0, 0.1) is 0 Å². The van der Waals surface area contributed by atoms with Crippen molar-refractivity contribution in [2.45, 2.75) is 58.3 Å². The molecule has 0 unspecified atom stereocenters. The Bertz CT molecular complexity index is 445. The van der Waals surface area contributed by atoms with Crippen LogP contribution in [0.5, 0.6) is 5.75 Å². The molecule has 0 amide bonds. The van der Waals surface area contributed by atoms with Crippen molar-refractivity contribution in [1.82, 2.24) is 10.6 Å². The van der Waals surface area contributed by atoms with Crippen LogP contribution in [0.2, 0.25) is 0 Å². The number of hydrogen-bond acceptors (Lipinski definition) is 7. The molecule has 0 aliphatic heterocycles. The minimum Gasteiger partial charge on any atom is -0.507 e. The van der Waals surface area contributed by atoms with Crippen molar-refractivity contribution in [3.8, 4) is 5.75 Å². The maximum absolute atomic E-state index is 10.4. The Labute approximate surface area is 143 Å². The first-order valence-electron chi connectivity index (χ1n) is 8.41. The Morgan fingerprint density at radius 1 is 0.875 bits per heavy atom. The van der Waals surface area contributed by atoms with Gasteiger partial charge < -0.3 is 36.2 Å². The molecule has 7 nitrogen and oxygen atoms in total. The number of phenols is 1. The first-order chi connectivity index (χ1) is 11.4. The molecule has 0 fully saturated rings. The van der Waals surface area contributed by atoms with Gasteiger partial charge in [-0.3, -0.25) is 0 Å². The van der Waals surface area contributed by atoms with Crippen molar-refractivity contribution in [1.29, 1.82) is 0 Å². The van der Waals surface area contributed by atoms with E-state index >= 15 is 0 Å². The Kier molecular flexibility index (Phi) is 9.85. The summed E-state index contributed by atoms with van der Waals surface area (Å²) in [4.78, 5) is 0. The van der Waals surface area contributed by atoms with Crippen LogP contribution in [0.25, 0.3) is 0 Å². The molecule has 138 valence electrons. The van der Waals surface area contributed by atoms with Gasteiger partial charge in [0.1, 0.15) is 5.75 Å². The van der Waals surface area contributed by atoms with Crippen LogP contribution >= 0.6 is 0 Å². The van der Waals surface area contributed by atoms with Gasteiger partial charge >= 0.3 is 0 Å². The zero-order valence-corrected chi connectivity index (χ0v) is 14.2. The van der Waals surface area contributed by atoms with E-state index in [4.69, 9.17) is 20.4 Å². The van der Waals surface area contributed by atoms with Crippen LogP contribution < -0.4 is 10.6 Å². The SMILES string of the molecule is CCCCCc1cc(CNCC(O)O)c(O)c(CNCC(O)O)c1. The highest BCUT2D eigenvalue weighted by molar-refractivity contribution is 5.44. The second-order valence-electron chi connectivity index (χ2n) is 5.94. The summed E-state index contributed by atoms with van der Waals surface area (Å²) in [7, 11) is 0. The van der Waals surface area contributed by atoms with Crippen LogP contribution in [0.3, 0.4) is 0 Å². The van der Waals surface area contributed by atoms with Crippen LogP contribution in [0.15, 0.2) is 12.1 Å². The topological polar surface area (TPSA) is 125 Å². The molecule has 0 saturated carbocycles. The standard InChI is InChI=1S/C17H30N2O5/c1-2-3-4-5-12-6-13(8-18-10-15(20)21)17(24)14(7-12)9-19-11-16(22)23/h6-7,15-16,18-24H,2-5,8-11H2,1H3. The van der Waals surface area contributed by atoms with Crippen molar-refractivity contribution in [3.63, 3.8) is 0 Å². The summed E-state index contributed by atoms with van der Waals surface area (Å²) in [6.45, 7) is 2.82. The van der Waals surface area contributed by atoms with Crippen molar-refractivity contribution in [3.05, 3.63) is 28.8 Å². The molecule has 1 aromatic carbocycles. The molecule has 7 heteroatoms. The third-order valence-electron chi connectivity index (χ3n) is 3.68. The molecule has 0 heterocycles. The number of rotatable bonds is 12. The van der Waals surface area contributed by atoms with Crippen molar-refractivity contribution >= 4 is 0 Å². The molecule has 0 saturated heterocycles. The molecule has 7 N–H and O–H groups in total. The molecule has 0 aliphatic rings. The lowest BCUT2D eigenvalue weighted by atomic mass is 9.99. The summed E-state index contributed by atoms with van der Waals surface area (Å²) in [6, 6.07) is 3.85. The lowest BCUT2D eigenvalue weighted by Gasteiger charge is -2.15. The zero-order chi connectivity index (χ0) is 17.9. The van der Waals surface area contributed by atoms with Gasteiger partial charge in [0.2, 0.25) is 0 Å². The minimum absolute atomic E-state index is 0.0176. The maximum Gasteiger partial charge on any atom is 0.164 e. The van der Waals surface area contributed by atoms with Gasteiger partial charge in [0.05, 0.1) is 0 Å². The highest BCUT2D eigenvalue weighted by Crippen LogP contribution is 2.26. The molecular formula is C17H30N2O5. The highest BCUT2D eigenvalue weighted by Gasteiger charge is 2.11. The molecule has 0 aliphatic carbocycles. The second kappa shape index (κ2) is 11.4. The molecule has 0 bridgehead atoms. The fraction of sp³-hybridized carbons (Fsp3) is 0.647. The predicted molar refractivity (Wildman–Crippen MR) is 91.2 cm³/mol. The van der Waals surface area contributed by atoms with Crippen LogP contribution in [-0.4, -0.2) is 51.2 Å². The number of unbranched alkanes of at least 4 members (excludes halogenated alkanes) is 2. The summed E-state index contributed by atoms with van der Waals surface area (Å²) in [5.74, 6) is 0.133. The first kappa shape index (κ1) is 20.8. The number of aromatic hydroxyl groups is 1.